The number of unbranched alkanes of at least 4 members (excludes halogenated alkanes) is 14. The number of phenols is 2. The highest BCUT2D eigenvalue weighted by Gasteiger charge is 2.27. The molecule has 0 aliphatic heterocycles. The van der Waals surface area contributed by atoms with Gasteiger partial charge in [-0.15, -0.1) is 0 Å². The number of hydrogen-bond acceptors (Lipinski definition) is 4. The number of carbonyl (C=O) groups is 1. The Bertz CT molecular complexity index is 691. The fourth-order valence-corrected chi connectivity index (χ4v) is 5.53. The summed E-state index contributed by atoms with van der Waals surface area (Å²) in [5, 5.41) is 21.1. The fourth-order valence-electron chi connectivity index (χ4n) is 4.46. The molecule has 0 fully saturated rings. The van der Waals surface area contributed by atoms with Crippen LogP contribution in [0.2, 0.25) is 0 Å². The van der Waals surface area contributed by atoms with E-state index in [1.807, 2.05) is 0 Å². The Morgan fingerprint density at radius 1 is 0.667 bits per heavy atom. The molecule has 0 aromatic heterocycles. The SMILES string of the molecule is CCCCCCCCCCc1c(I)c(O)c(O)c(C(=O)OI)c1CCCCCCCCCC. The summed E-state index contributed by atoms with van der Waals surface area (Å²) in [6.07, 6.45) is 21.2. The third kappa shape index (κ3) is 11.4. The van der Waals surface area contributed by atoms with Crippen molar-refractivity contribution in [1.29, 1.82) is 0 Å². The van der Waals surface area contributed by atoms with Crippen LogP contribution in [0.4, 0.5) is 0 Å². The fraction of sp³-hybridized carbons (Fsp3) is 0.741. The molecular formula is C27H44I2O4. The molecule has 0 amide bonds. The third-order valence-electron chi connectivity index (χ3n) is 6.43. The summed E-state index contributed by atoms with van der Waals surface area (Å²) in [4.78, 5) is 12.5. The Balaban J connectivity index is 2.79. The summed E-state index contributed by atoms with van der Waals surface area (Å²) in [6.45, 7) is 4.47. The van der Waals surface area contributed by atoms with Gasteiger partial charge in [-0.3, -0.25) is 0 Å². The second-order valence-corrected chi connectivity index (χ2v) is 10.7. The van der Waals surface area contributed by atoms with Gasteiger partial charge in [0.2, 0.25) is 0 Å². The maximum absolute atomic E-state index is 12.5. The van der Waals surface area contributed by atoms with Gasteiger partial charge >= 0.3 is 5.97 Å². The van der Waals surface area contributed by atoms with Gasteiger partial charge in [0.1, 0.15) is 5.56 Å². The Hall–Kier alpha value is -0.250. The van der Waals surface area contributed by atoms with Crippen molar-refractivity contribution >= 4 is 51.6 Å². The zero-order chi connectivity index (χ0) is 24.5. The molecule has 0 atom stereocenters. The van der Waals surface area contributed by atoms with E-state index in [4.69, 9.17) is 3.07 Å². The van der Waals surface area contributed by atoms with Crippen LogP contribution >= 0.6 is 45.6 Å². The highest BCUT2D eigenvalue weighted by atomic mass is 127. The summed E-state index contributed by atoms with van der Waals surface area (Å²) in [7, 11) is 0. The van der Waals surface area contributed by atoms with Gasteiger partial charge in [0.15, 0.2) is 34.5 Å². The largest absolute Gasteiger partial charge is 0.504 e. The Morgan fingerprint density at radius 3 is 1.48 bits per heavy atom. The molecule has 0 heterocycles. The molecule has 190 valence electrons. The van der Waals surface area contributed by atoms with E-state index in [0.29, 0.717) is 3.57 Å². The molecular weight excluding hydrogens is 642 g/mol. The van der Waals surface area contributed by atoms with Crippen molar-refractivity contribution in [3.63, 3.8) is 0 Å². The van der Waals surface area contributed by atoms with Crippen LogP contribution in [0.1, 0.15) is 138 Å². The van der Waals surface area contributed by atoms with Crippen LogP contribution in [0.25, 0.3) is 0 Å². The quantitative estimate of drug-likeness (QED) is 0.0865. The predicted molar refractivity (Wildman–Crippen MR) is 155 cm³/mol. The number of phenolic OH excluding ortho intramolecular Hbond substituents is 2. The summed E-state index contributed by atoms with van der Waals surface area (Å²) < 4.78 is 5.61. The predicted octanol–water partition coefficient (Wildman–Crippen LogP) is 9.58. The molecule has 0 unspecified atom stereocenters. The van der Waals surface area contributed by atoms with Crippen LogP contribution in [-0.4, -0.2) is 16.2 Å². The standard InChI is InChI=1S/C27H44I2O4/c1-3-5-7-9-11-13-15-17-19-21-22(20-18-16-14-12-10-8-6-4-2)24(28)26(31)25(30)23(21)27(32)33-29/h30-31H,3-20H2,1-2H3. The van der Waals surface area contributed by atoms with Crippen LogP contribution in [0.15, 0.2) is 0 Å². The molecule has 4 nitrogen and oxygen atoms in total. The topological polar surface area (TPSA) is 66.8 Å². The second kappa shape index (κ2) is 19.0. The molecule has 0 saturated carbocycles. The lowest BCUT2D eigenvalue weighted by atomic mass is 9.91. The normalized spacial score (nSPS) is 11.2. The molecule has 2 N–H and O–H groups in total. The first-order valence-corrected chi connectivity index (χ1v) is 15.0. The van der Waals surface area contributed by atoms with Gasteiger partial charge in [-0.1, -0.05) is 104 Å². The zero-order valence-corrected chi connectivity index (χ0v) is 25.0. The van der Waals surface area contributed by atoms with Crippen molar-refractivity contribution < 1.29 is 18.1 Å². The number of halogens is 2. The van der Waals surface area contributed by atoms with Gasteiger partial charge in [-0.2, -0.15) is 0 Å². The number of aromatic hydroxyl groups is 2. The molecule has 0 aliphatic carbocycles. The minimum Gasteiger partial charge on any atom is -0.504 e. The van der Waals surface area contributed by atoms with Crippen molar-refractivity contribution in [1.82, 2.24) is 0 Å². The lowest BCUT2D eigenvalue weighted by Gasteiger charge is -2.18. The van der Waals surface area contributed by atoms with Crippen LogP contribution in [0, 0.1) is 3.57 Å². The van der Waals surface area contributed by atoms with Crippen molar-refractivity contribution in [3.8, 4) is 11.5 Å². The van der Waals surface area contributed by atoms with Gasteiger partial charge in [-0.25, -0.2) is 4.79 Å². The van der Waals surface area contributed by atoms with Crippen LogP contribution in [0.3, 0.4) is 0 Å². The Morgan fingerprint density at radius 2 is 1.06 bits per heavy atom. The first-order chi connectivity index (χ1) is 16.0. The van der Waals surface area contributed by atoms with E-state index in [1.54, 1.807) is 23.0 Å². The minimum atomic E-state index is -0.577. The van der Waals surface area contributed by atoms with E-state index < -0.39 is 5.97 Å². The first kappa shape index (κ1) is 30.8. The summed E-state index contributed by atoms with van der Waals surface area (Å²) in [6, 6.07) is 0. The summed E-state index contributed by atoms with van der Waals surface area (Å²) >= 11 is 3.67. The highest BCUT2D eigenvalue weighted by molar-refractivity contribution is 14.1. The molecule has 33 heavy (non-hydrogen) atoms. The average Bonchev–Trinajstić information content (AvgIpc) is 2.82. The Kier molecular flexibility index (Phi) is 17.7. The summed E-state index contributed by atoms with van der Waals surface area (Å²) in [5.74, 6) is -1.11. The van der Waals surface area contributed by atoms with Gasteiger partial charge in [0, 0.05) is 0 Å². The van der Waals surface area contributed by atoms with Crippen LogP contribution in [-0.2, 0) is 15.9 Å². The molecule has 0 aliphatic rings. The molecule has 0 bridgehead atoms. The van der Waals surface area contributed by atoms with Crippen LogP contribution < -0.4 is 0 Å². The van der Waals surface area contributed by atoms with Crippen molar-refractivity contribution in [2.75, 3.05) is 0 Å². The smallest absolute Gasteiger partial charge is 0.351 e. The van der Waals surface area contributed by atoms with Gasteiger partial charge in [-0.05, 0) is 59.4 Å². The van der Waals surface area contributed by atoms with E-state index in [1.165, 1.54) is 77.0 Å². The monoisotopic (exact) mass is 686 g/mol. The van der Waals surface area contributed by atoms with Crippen molar-refractivity contribution in [2.24, 2.45) is 0 Å². The number of rotatable bonds is 19. The first-order valence-electron chi connectivity index (χ1n) is 13.1. The van der Waals surface area contributed by atoms with Gasteiger partial charge in [0.25, 0.3) is 0 Å². The van der Waals surface area contributed by atoms with Gasteiger partial charge < -0.3 is 13.3 Å². The average molecular weight is 686 g/mol. The zero-order valence-electron chi connectivity index (χ0n) is 20.7. The molecule has 6 heteroatoms. The van der Waals surface area contributed by atoms with Gasteiger partial charge in [0.05, 0.1) is 3.57 Å². The van der Waals surface area contributed by atoms with E-state index in [0.717, 1.165) is 49.7 Å². The second-order valence-electron chi connectivity index (χ2n) is 9.16. The van der Waals surface area contributed by atoms with E-state index >= 15 is 0 Å². The number of carbonyl (C=O) groups excluding carboxylic acids is 1. The van der Waals surface area contributed by atoms with E-state index in [9.17, 15) is 15.0 Å². The molecule has 1 aromatic rings. The highest BCUT2D eigenvalue weighted by Crippen LogP contribution is 2.41. The maximum Gasteiger partial charge on any atom is 0.351 e. The van der Waals surface area contributed by atoms with Crippen molar-refractivity contribution in [2.45, 2.75) is 129 Å². The third-order valence-corrected chi connectivity index (χ3v) is 8.00. The molecule has 0 radical (unpaired) electrons. The van der Waals surface area contributed by atoms with E-state index in [-0.39, 0.29) is 17.1 Å². The molecule has 1 aromatic carbocycles. The lowest BCUT2D eigenvalue weighted by molar-refractivity contribution is 0.0795. The van der Waals surface area contributed by atoms with Crippen molar-refractivity contribution in [3.05, 3.63) is 20.3 Å². The molecule has 0 saturated heterocycles. The molecule has 1 rings (SSSR count). The molecule has 0 spiro atoms. The Labute approximate surface area is 229 Å². The number of benzene rings is 1. The van der Waals surface area contributed by atoms with Crippen LogP contribution in [0.5, 0.6) is 11.5 Å². The minimum absolute atomic E-state index is 0.153. The lowest BCUT2D eigenvalue weighted by Crippen LogP contribution is -2.10. The van der Waals surface area contributed by atoms with E-state index in [2.05, 4.69) is 36.4 Å². The number of hydrogen-bond donors (Lipinski definition) is 2. The summed E-state index contributed by atoms with van der Waals surface area (Å²) in [5.41, 5.74) is 2.03. The maximum atomic E-state index is 12.5.